The van der Waals surface area contributed by atoms with Crippen molar-refractivity contribution in [2.24, 2.45) is 4.99 Å². The fourth-order valence-electron chi connectivity index (χ4n) is 4.32. The van der Waals surface area contributed by atoms with Gasteiger partial charge in [0.1, 0.15) is 5.76 Å². The highest BCUT2D eigenvalue weighted by atomic mass is 32.2. The van der Waals surface area contributed by atoms with Crippen LogP contribution in [0.1, 0.15) is 31.2 Å². The summed E-state index contributed by atoms with van der Waals surface area (Å²) in [6, 6.07) is 20.5. The molecule has 1 atom stereocenters. The molecule has 7 nitrogen and oxygen atoms in total. The molecule has 190 valence electrons. The molecule has 0 fully saturated rings. The molecule has 4 heterocycles. The smallest absolute Gasteiger partial charge is 0.338 e. The maximum atomic E-state index is 13.7. The second-order valence-corrected chi connectivity index (χ2v) is 11.7. The molecule has 1 aliphatic rings. The number of aromatic nitrogens is 2. The van der Waals surface area contributed by atoms with Gasteiger partial charge in [0.05, 0.1) is 38.7 Å². The maximum absolute atomic E-state index is 13.7. The molecule has 0 spiro atoms. The number of benzene rings is 2. The lowest BCUT2D eigenvalue weighted by Crippen LogP contribution is -2.39. The number of fused-ring (bicyclic) bond motifs is 2. The lowest BCUT2D eigenvalue weighted by Gasteiger charge is -2.24. The van der Waals surface area contributed by atoms with Crippen LogP contribution >= 0.6 is 34.4 Å². The van der Waals surface area contributed by atoms with E-state index >= 15 is 0 Å². The van der Waals surface area contributed by atoms with E-state index in [2.05, 4.69) is 9.98 Å². The van der Waals surface area contributed by atoms with E-state index in [4.69, 9.17) is 9.15 Å². The van der Waals surface area contributed by atoms with E-state index < -0.39 is 12.0 Å². The van der Waals surface area contributed by atoms with Crippen molar-refractivity contribution in [1.29, 1.82) is 0 Å². The van der Waals surface area contributed by atoms with Gasteiger partial charge in [0.15, 0.2) is 14.2 Å². The fourth-order valence-corrected chi connectivity index (χ4v) is 7.32. The number of carbonyl (C=O) groups excluding carboxylic acids is 1. The molecule has 0 saturated carbocycles. The van der Waals surface area contributed by atoms with Crippen LogP contribution in [0, 0.1) is 0 Å². The van der Waals surface area contributed by atoms with Crippen LogP contribution < -0.4 is 14.9 Å². The Labute approximate surface area is 229 Å². The van der Waals surface area contributed by atoms with Crippen molar-refractivity contribution in [3.8, 4) is 0 Å². The third kappa shape index (κ3) is 4.55. The van der Waals surface area contributed by atoms with Gasteiger partial charge in [0, 0.05) is 6.08 Å². The summed E-state index contributed by atoms with van der Waals surface area (Å²) < 4.78 is 15.4. The van der Waals surface area contributed by atoms with Crippen LogP contribution in [-0.2, 0) is 9.53 Å². The summed E-state index contributed by atoms with van der Waals surface area (Å²) in [5.74, 6) is 0.0795. The number of thiazole rings is 2. The molecule has 0 radical (unpaired) electrons. The minimum absolute atomic E-state index is 0.234. The molecule has 0 aliphatic carbocycles. The number of hydrogen-bond donors (Lipinski definition) is 0. The van der Waals surface area contributed by atoms with Crippen molar-refractivity contribution in [3.63, 3.8) is 0 Å². The minimum atomic E-state index is -0.629. The Morgan fingerprint density at radius 2 is 1.89 bits per heavy atom. The fraction of sp³-hybridized carbons (Fsp3) is 0.143. The second-order valence-electron chi connectivity index (χ2n) is 8.42. The molecule has 0 saturated heterocycles. The van der Waals surface area contributed by atoms with Crippen molar-refractivity contribution in [1.82, 2.24) is 9.55 Å². The molecule has 0 N–H and O–H groups in total. The molecule has 0 bridgehead atoms. The molecular weight excluding hydrogens is 539 g/mol. The molecule has 3 aromatic heterocycles. The normalized spacial score (nSPS) is 15.5. The van der Waals surface area contributed by atoms with Crippen LogP contribution in [-0.4, -0.2) is 22.1 Å². The second kappa shape index (κ2) is 10.2. The van der Waals surface area contributed by atoms with E-state index in [1.807, 2.05) is 66.7 Å². The van der Waals surface area contributed by atoms with Crippen molar-refractivity contribution in [2.75, 3.05) is 6.61 Å². The SMILES string of the molecule is CCOC(=O)C1=C(C)N=c2s/c(=C\c3ccc(Sc4nc5ccccc5s4)o3)c(=O)n2[C@@H]1c1ccccc1. The molecule has 6 rings (SSSR count). The van der Waals surface area contributed by atoms with Gasteiger partial charge >= 0.3 is 5.97 Å². The van der Waals surface area contributed by atoms with E-state index in [9.17, 15) is 9.59 Å². The van der Waals surface area contributed by atoms with E-state index in [0.29, 0.717) is 31.5 Å². The number of furan rings is 1. The summed E-state index contributed by atoms with van der Waals surface area (Å²) in [5, 5.41) is 0.686. The predicted octanol–water partition coefficient (Wildman–Crippen LogP) is 5.15. The molecule has 10 heteroatoms. The van der Waals surface area contributed by atoms with Crippen LogP contribution in [0.15, 0.2) is 102 Å². The highest BCUT2D eigenvalue weighted by Gasteiger charge is 2.33. The monoisotopic (exact) mass is 559 g/mol. The average molecular weight is 560 g/mol. The standard InChI is InChI=1S/C28H21N3O4S3/c1-3-34-26(33)23-16(2)29-27-31(24(23)17-9-5-4-6-10-17)25(32)21(36-27)15-18-13-14-22(35-18)38-28-30-19-11-7-8-12-20(19)37-28/h4-15,24H,3H2,1-2H3/b21-15-/t24-/m1/s1. The number of hydrogen-bond acceptors (Lipinski definition) is 9. The van der Waals surface area contributed by atoms with E-state index in [1.165, 1.54) is 23.1 Å². The summed E-state index contributed by atoms with van der Waals surface area (Å²) in [6.45, 7) is 3.77. The van der Waals surface area contributed by atoms with Gasteiger partial charge in [0.25, 0.3) is 5.56 Å². The van der Waals surface area contributed by atoms with Crippen molar-refractivity contribution in [3.05, 3.63) is 109 Å². The number of nitrogens with zero attached hydrogens (tertiary/aromatic N) is 3. The number of carbonyl (C=O) groups is 1. The number of esters is 1. The summed E-state index contributed by atoms with van der Waals surface area (Å²) in [4.78, 5) is 36.4. The van der Waals surface area contributed by atoms with Crippen molar-refractivity contribution in [2.45, 2.75) is 29.3 Å². The Hall–Kier alpha value is -3.73. The molecule has 5 aromatic rings. The minimum Gasteiger partial charge on any atom is -0.463 e. The summed E-state index contributed by atoms with van der Waals surface area (Å²) in [5.41, 5.74) is 2.43. The van der Waals surface area contributed by atoms with Crippen LogP contribution in [0.3, 0.4) is 0 Å². The van der Waals surface area contributed by atoms with Crippen LogP contribution in [0.4, 0.5) is 0 Å². The zero-order valence-electron chi connectivity index (χ0n) is 20.4. The summed E-state index contributed by atoms with van der Waals surface area (Å²) >= 11 is 4.32. The van der Waals surface area contributed by atoms with Crippen LogP contribution in [0.2, 0.25) is 0 Å². The third-order valence-electron chi connectivity index (χ3n) is 5.97. The quantitative estimate of drug-likeness (QED) is 0.268. The average Bonchev–Trinajstić information content (AvgIpc) is 3.61. The van der Waals surface area contributed by atoms with Crippen LogP contribution in [0.25, 0.3) is 16.3 Å². The first-order valence-electron chi connectivity index (χ1n) is 11.9. The first-order valence-corrected chi connectivity index (χ1v) is 14.3. The Morgan fingerprint density at radius 1 is 1.11 bits per heavy atom. The number of para-hydroxylation sites is 1. The molecular formula is C28H21N3O4S3. The summed E-state index contributed by atoms with van der Waals surface area (Å²) in [7, 11) is 0. The Balaban J connectivity index is 1.38. The largest absolute Gasteiger partial charge is 0.463 e. The molecule has 2 aromatic carbocycles. The molecule has 1 aliphatic heterocycles. The van der Waals surface area contributed by atoms with Gasteiger partial charge in [-0.05, 0) is 55.4 Å². The Morgan fingerprint density at radius 3 is 2.68 bits per heavy atom. The number of ether oxygens (including phenoxy) is 1. The van der Waals surface area contributed by atoms with E-state index in [0.717, 1.165) is 20.1 Å². The summed E-state index contributed by atoms with van der Waals surface area (Å²) in [6.07, 6.45) is 1.72. The lowest BCUT2D eigenvalue weighted by molar-refractivity contribution is -0.139. The van der Waals surface area contributed by atoms with Gasteiger partial charge in [-0.1, -0.05) is 53.8 Å². The predicted molar refractivity (Wildman–Crippen MR) is 149 cm³/mol. The van der Waals surface area contributed by atoms with Crippen LogP contribution in [0.5, 0.6) is 0 Å². The van der Waals surface area contributed by atoms with Crippen molar-refractivity contribution < 1.29 is 13.9 Å². The van der Waals surface area contributed by atoms with Gasteiger partial charge in [-0.25, -0.2) is 14.8 Å². The van der Waals surface area contributed by atoms with Gasteiger partial charge in [0.2, 0.25) is 0 Å². The Bertz CT molecular complexity index is 1850. The van der Waals surface area contributed by atoms with E-state index in [-0.39, 0.29) is 12.2 Å². The van der Waals surface area contributed by atoms with Gasteiger partial charge in [-0.2, -0.15) is 0 Å². The highest BCUT2D eigenvalue weighted by molar-refractivity contribution is 8.01. The zero-order chi connectivity index (χ0) is 26.2. The zero-order valence-corrected chi connectivity index (χ0v) is 22.9. The highest BCUT2D eigenvalue weighted by Crippen LogP contribution is 2.35. The number of rotatable bonds is 6. The van der Waals surface area contributed by atoms with Crippen molar-refractivity contribution >= 4 is 56.7 Å². The van der Waals surface area contributed by atoms with E-state index in [1.54, 1.807) is 35.8 Å². The molecule has 0 unspecified atom stereocenters. The maximum Gasteiger partial charge on any atom is 0.338 e. The van der Waals surface area contributed by atoms with Gasteiger partial charge in [-0.3, -0.25) is 9.36 Å². The first kappa shape index (κ1) is 24.6. The molecule has 0 amide bonds. The van der Waals surface area contributed by atoms with Gasteiger partial charge < -0.3 is 9.15 Å². The number of allylic oxidation sites excluding steroid dienone is 1. The topological polar surface area (TPSA) is 86.7 Å². The molecule has 38 heavy (non-hydrogen) atoms. The Kier molecular flexibility index (Phi) is 6.61. The third-order valence-corrected chi connectivity index (χ3v) is 8.97. The van der Waals surface area contributed by atoms with Gasteiger partial charge in [-0.15, -0.1) is 11.3 Å². The lowest BCUT2D eigenvalue weighted by atomic mass is 9.96. The first-order chi connectivity index (χ1) is 18.5.